The molecule has 0 amide bonds. The van der Waals surface area contributed by atoms with Gasteiger partial charge in [-0.2, -0.15) is 0 Å². The molecule has 0 aromatic rings. The molecule has 13 N–H and O–H groups in total. The maximum atomic E-state index is 11.9. The summed E-state index contributed by atoms with van der Waals surface area (Å²) in [6, 6.07) is 0. The second kappa shape index (κ2) is 27.9. The normalized spacial score (nSPS) is 45.4. The first-order chi connectivity index (χ1) is 33.2. The molecule has 0 spiro atoms. The van der Waals surface area contributed by atoms with Gasteiger partial charge < -0.3 is 114 Å². The van der Waals surface area contributed by atoms with Gasteiger partial charge in [0.15, 0.2) is 31.5 Å². The van der Waals surface area contributed by atoms with E-state index in [1.54, 1.807) is 6.92 Å². The van der Waals surface area contributed by atoms with Gasteiger partial charge in [0.25, 0.3) is 0 Å². The third-order valence-electron chi connectivity index (χ3n) is 14.0. The average Bonchev–Trinajstić information content (AvgIpc) is 3.32. The molecule has 5 heterocycles. The summed E-state index contributed by atoms with van der Waals surface area (Å²) in [5.41, 5.74) is 0. The minimum atomic E-state index is -1.94. The zero-order valence-electron chi connectivity index (χ0n) is 40.7. The van der Waals surface area contributed by atoms with E-state index in [-0.39, 0.29) is 12.5 Å². The molecule has 5 saturated heterocycles. The van der Waals surface area contributed by atoms with Crippen LogP contribution in [0.1, 0.15) is 118 Å². The number of aliphatic hydroxyl groups excluding tert-OH is 12. The number of aliphatic carboxylic acids is 1. The molecule has 5 rings (SSSR count). The van der Waals surface area contributed by atoms with Crippen LogP contribution in [0.4, 0.5) is 0 Å². The van der Waals surface area contributed by atoms with Gasteiger partial charge >= 0.3 is 5.97 Å². The van der Waals surface area contributed by atoms with Crippen LogP contribution >= 0.6 is 0 Å². The topological polar surface area (TPSA) is 372 Å². The minimum absolute atomic E-state index is 0.166. The molecule has 0 unspecified atom stereocenters. The highest BCUT2D eigenvalue weighted by atomic mass is 16.8. The Labute approximate surface area is 408 Å². The molecule has 0 radical (unpaired) electrons. The van der Waals surface area contributed by atoms with Gasteiger partial charge in [0.05, 0.1) is 37.1 Å². The van der Waals surface area contributed by atoms with Gasteiger partial charge in [0, 0.05) is 6.42 Å². The second-order valence-electron chi connectivity index (χ2n) is 19.5. The third-order valence-corrected chi connectivity index (χ3v) is 14.0. The van der Waals surface area contributed by atoms with Gasteiger partial charge in [-0.3, -0.25) is 4.79 Å². The largest absolute Gasteiger partial charge is 0.481 e. The maximum absolute atomic E-state index is 11.9. The molecule has 5 fully saturated rings. The number of aliphatic hydroxyl groups is 12. The molecule has 0 aromatic carbocycles. The summed E-state index contributed by atoms with van der Waals surface area (Å²) < 4.78 is 60.0. The van der Waals surface area contributed by atoms with Gasteiger partial charge in [0.1, 0.15) is 97.7 Å². The van der Waals surface area contributed by atoms with E-state index in [1.165, 1.54) is 20.8 Å². The highest BCUT2D eigenvalue weighted by molar-refractivity contribution is 5.66. The highest BCUT2D eigenvalue weighted by Gasteiger charge is 2.56. The first kappa shape index (κ1) is 59.5. The van der Waals surface area contributed by atoms with Gasteiger partial charge in [0.2, 0.25) is 0 Å². The number of ether oxygens (including phenoxy) is 10. The number of hydrogen-bond acceptors (Lipinski definition) is 23. The number of carbonyl (C=O) groups is 1. The molecule has 0 aliphatic carbocycles. The molecule has 5 aliphatic heterocycles. The number of carboxylic acid groups (broad SMARTS) is 1. The average molecular weight is 1020 g/mol. The number of hydrogen-bond donors (Lipinski definition) is 13. The van der Waals surface area contributed by atoms with Crippen molar-refractivity contribution in [3.05, 3.63) is 0 Å². The Morgan fingerprint density at radius 1 is 0.429 bits per heavy atom. The van der Waals surface area contributed by atoms with Crippen LogP contribution in [-0.4, -0.2) is 239 Å². The Morgan fingerprint density at radius 3 is 1.43 bits per heavy atom. The molecular weight excluding hydrogens is 936 g/mol. The van der Waals surface area contributed by atoms with E-state index in [0.29, 0.717) is 19.3 Å². The van der Waals surface area contributed by atoms with Crippen LogP contribution in [-0.2, 0) is 52.2 Å². The Morgan fingerprint density at radius 2 is 0.843 bits per heavy atom. The molecule has 0 bridgehead atoms. The Hall–Kier alpha value is -1.41. The quantitative estimate of drug-likeness (QED) is 0.0430. The van der Waals surface area contributed by atoms with E-state index in [2.05, 4.69) is 6.92 Å². The van der Waals surface area contributed by atoms with E-state index in [4.69, 9.17) is 52.5 Å². The predicted octanol–water partition coefficient (Wildman–Crippen LogP) is -2.25. The molecule has 5 aliphatic rings. The van der Waals surface area contributed by atoms with Crippen molar-refractivity contribution in [1.82, 2.24) is 0 Å². The van der Waals surface area contributed by atoms with Crippen molar-refractivity contribution in [1.29, 1.82) is 0 Å². The van der Waals surface area contributed by atoms with Crippen LogP contribution in [0, 0.1) is 0 Å². The molecule has 26 atom stereocenters. The fourth-order valence-corrected chi connectivity index (χ4v) is 9.56. The van der Waals surface area contributed by atoms with Crippen LogP contribution in [0.5, 0.6) is 0 Å². The van der Waals surface area contributed by atoms with Crippen molar-refractivity contribution >= 4 is 5.97 Å². The lowest BCUT2D eigenvalue weighted by atomic mass is 9.95. The second-order valence-corrected chi connectivity index (χ2v) is 19.5. The Kier molecular flexibility index (Phi) is 23.7. The first-order valence-corrected chi connectivity index (χ1v) is 25.1. The Balaban J connectivity index is 1.27. The van der Waals surface area contributed by atoms with Crippen molar-refractivity contribution in [2.45, 2.75) is 278 Å². The van der Waals surface area contributed by atoms with Gasteiger partial charge in [-0.05, 0) is 47.0 Å². The summed E-state index contributed by atoms with van der Waals surface area (Å²) in [5, 5.41) is 139. The first-order valence-electron chi connectivity index (χ1n) is 25.1. The predicted molar refractivity (Wildman–Crippen MR) is 237 cm³/mol. The number of rotatable bonds is 25. The monoisotopic (exact) mass is 1020 g/mol. The van der Waals surface area contributed by atoms with Crippen LogP contribution < -0.4 is 0 Å². The minimum Gasteiger partial charge on any atom is -0.481 e. The fourth-order valence-electron chi connectivity index (χ4n) is 9.56. The summed E-state index contributed by atoms with van der Waals surface area (Å²) >= 11 is 0. The van der Waals surface area contributed by atoms with Crippen LogP contribution in [0.25, 0.3) is 0 Å². The molecule has 0 saturated carbocycles. The molecule has 0 aromatic heterocycles. The lowest BCUT2D eigenvalue weighted by Crippen LogP contribution is -2.67. The third kappa shape index (κ3) is 15.1. The van der Waals surface area contributed by atoms with Crippen LogP contribution in [0.15, 0.2) is 0 Å². The molecule has 24 nitrogen and oxygen atoms in total. The smallest absolute Gasteiger partial charge is 0.303 e. The SMILES string of the molecule is CCCCC[C@H](CCCCCCCCCC(=O)O)O[C@@H]1O[C@@H](C)[C@H](O)[C@@H](O)[C@H]1O[C@@H]1O[C@@H](C)[C@H](O[C@@H]2O[C@@H](C)[C@H](O[C@@H]3O[C@H](CO)[C@@H](O)[C@H](O)[C@H]3O)[C@@H](O[C@@H]3O[C@H](C)[C@H](O)[C@H](O)[C@H]3O)[C@H]2O)[C@@H](O)[C@H]1O. The van der Waals surface area contributed by atoms with Crippen molar-refractivity contribution in [2.24, 2.45) is 0 Å². The zero-order valence-corrected chi connectivity index (χ0v) is 40.7. The summed E-state index contributed by atoms with van der Waals surface area (Å²) in [6.07, 6.45) is -29.0. The number of carboxylic acids is 1. The lowest BCUT2D eigenvalue weighted by Gasteiger charge is -2.50. The van der Waals surface area contributed by atoms with Crippen molar-refractivity contribution in [3.63, 3.8) is 0 Å². The van der Waals surface area contributed by atoms with Crippen molar-refractivity contribution in [3.8, 4) is 0 Å². The fraction of sp³-hybridized carbons (Fsp3) is 0.978. The summed E-state index contributed by atoms with van der Waals surface area (Å²) in [5.74, 6) is -0.794. The van der Waals surface area contributed by atoms with Gasteiger partial charge in [-0.25, -0.2) is 0 Å². The number of unbranched alkanes of at least 4 members (excludes halogenated alkanes) is 8. The molecule has 24 heteroatoms. The van der Waals surface area contributed by atoms with E-state index < -0.39 is 166 Å². The van der Waals surface area contributed by atoms with Crippen LogP contribution in [0.3, 0.4) is 0 Å². The standard InChI is InChI=1S/C46H82O24/c1-6-7-13-16-24(17-14-11-9-8-10-12-15-18-26(48)49)65-46-41(32(55)28(51)21(3)62-46)70-43-36(59)33(56)38(22(4)63-43)67-45-37(60)40(69-42-34(57)30(53)27(50)20(2)61-42)39(23(5)64-45)68-44-35(58)31(54)29(52)25(19-47)66-44/h20-25,27-47,50-60H,6-19H2,1-5H3,(H,48,49)/t20-,21+,22+,23+,24-,25-,27+,28+,29-,30+,31+,32-,33+,34-,35-,36-,37-,38+,39+,40+,41-,42+,43+,44+,45+,46+/m1/s1. The van der Waals surface area contributed by atoms with E-state index in [1.807, 2.05) is 0 Å². The summed E-state index contributed by atoms with van der Waals surface area (Å²) in [4.78, 5) is 10.8. The Bertz CT molecular complexity index is 1520. The summed E-state index contributed by atoms with van der Waals surface area (Å²) in [7, 11) is 0. The van der Waals surface area contributed by atoms with Crippen molar-refractivity contribution < 1.29 is 119 Å². The maximum Gasteiger partial charge on any atom is 0.303 e. The molecular formula is C46H82O24. The molecule has 410 valence electrons. The van der Waals surface area contributed by atoms with Gasteiger partial charge in [-0.15, -0.1) is 0 Å². The van der Waals surface area contributed by atoms with Gasteiger partial charge in [-0.1, -0.05) is 64.7 Å². The van der Waals surface area contributed by atoms with E-state index >= 15 is 0 Å². The summed E-state index contributed by atoms with van der Waals surface area (Å²) in [6.45, 7) is 7.16. The van der Waals surface area contributed by atoms with E-state index in [9.17, 15) is 66.1 Å². The lowest BCUT2D eigenvalue weighted by molar-refractivity contribution is -0.400. The molecule has 70 heavy (non-hydrogen) atoms. The van der Waals surface area contributed by atoms with Crippen LogP contribution in [0.2, 0.25) is 0 Å². The highest BCUT2D eigenvalue weighted by Crippen LogP contribution is 2.37. The van der Waals surface area contributed by atoms with Crippen molar-refractivity contribution in [2.75, 3.05) is 6.61 Å². The van der Waals surface area contributed by atoms with E-state index in [0.717, 1.165) is 57.8 Å². The zero-order chi connectivity index (χ0) is 51.6.